The zero-order valence-electron chi connectivity index (χ0n) is 9.68. The van der Waals surface area contributed by atoms with Crippen molar-refractivity contribution in [2.45, 2.75) is 19.5 Å². The van der Waals surface area contributed by atoms with Crippen molar-refractivity contribution in [3.8, 4) is 5.75 Å². The van der Waals surface area contributed by atoms with Crippen LogP contribution in [0.15, 0.2) is 18.2 Å². The number of rotatable bonds is 5. The third kappa shape index (κ3) is 3.63. The second kappa shape index (κ2) is 6.09. The summed E-state index contributed by atoms with van der Waals surface area (Å²) in [5, 5.41) is 0. The van der Waals surface area contributed by atoms with Crippen molar-refractivity contribution in [2.24, 2.45) is 0 Å². The number of ether oxygens (including phenoxy) is 1. The number of Topliss-reactive ketones (excluding diaryl/α,β-unsaturated/α-hetero) is 1. The number of ketones is 1. The van der Waals surface area contributed by atoms with Crippen LogP contribution in [0.2, 0.25) is 0 Å². The fraction of sp³-hybridized carbons (Fsp3) is 0.417. The minimum absolute atomic E-state index is 0.0249. The third-order valence-electron chi connectivity index (χ3n) is 2.23. The van der Waals surface area contributed by atoms with Crippen molar-refractivity contribution < 1.29 is 22.7 Å². The van der Waals surface area contributed by atoms with E-state index in [4.69, 9.17) is 16.3 Å². The van der Waals surface area contributed by atoms with Crippen molar-refractivity contribution in [3.63, 3.8) is 0 Å². The van der Waals surface area contributed by atoms with Gasteiger partial charge in [0, 0.05) is 12.3 Å². The SMILES string of the molecule is CCOc1ccc(C(F)(F)F)cc1C(=O)CCCl. The molecule has 0 unspecified atom stereocenters. The number of benzene rings is 1. The molecule has 0 aliphatic heterocycles. The van der Waals surface area contributed by atoms with Gasteiger partial charge < -0.3 is 4.74 Å². The van der Waals surface area contributed by atoms with Crippen LogP contribution in [-0.4, -0.2) is 18.3 Å². The fourth-order valence-electron chi connectivity index (χ4n) is 1.43. The molecule has 1 aromatic carbocycles. The molecule has 0 spiro atoms. The van der Waals surface area contributed by atoms with Crippen molar-refractivity contribution >= 4 is 17.4 Å². The summed E-state index contributed by atoms with van der Waals surface area (Å²) in [5.41, 5.74) is -0.948. The van der Waals surface area contributed by atoms with Gasteiger partial charge in [-0.05, 0) is 25.1 Å². The average molecular weight is 281 g/mol. The van der Waals surface area contributed by atoms with Crippen LogP contribution >= 0.6 is 11.6 Å². The number of carbonyl (C=O) groups excluding carboxylic acids is 1. The number of alkyl halides is 4. The van der Waals surface area contributed by atoms with E-state index in [0.717, 1.165) is 18.2 Å². The summed E-state index contributed by atoms with van der Waals surface area (Å²) < 4.78 is 42.8. The van der Waals surface area contributed by atoms with Crippen LogP contribution in [0.5, 0.6) is 5.75 Å². The van der Waals surface area contributed by atoms with Gasteiger partial charge in [0.05, 0.1) is 17.7 Å². The molecule has 0 saturated heterocycles. The van der Waals surface area contributed by atoms with Gasteiger partial charge in [-0.2, -0.15) is 13.2 Å². The number of carbonyl (C=O) groups is 1. The van der Waals surface area contributed by atoms with Gasteiger partial charge in [0.2, 0.25) is 0 Å². The third-order valence-corrected chi connectivity index (χ3v) is 2.42. The second-order valence-electron chi connectivity index (χ2n) is 3.50. The van der Waals surface area contributed by atoms with Gasteiger partial charge in [-0.15, -0.1) is 11.6 Å². The van der Waals surface area contributed by atoms with E-state index in [1.165, 1.54) is 0 Å². The van der Waals surface area contributed by atoms with E-state index in [9.17, 15) is 18.0 Å². The van der Waals surface area contributed by atoms with Crippen LogP contribution in [0.1, 0.15) is 29.3 Å². The average Bonchev–Trinajstić information content (AvgIpc) is 2.28. The van der Waals surface area contributed by atoms with Crippen molar-refractivity contribution in [3.05, 3.63) is 29.3 Å². The number of halogens is 4. The van der Waals surface area contributed by atoms with Crippen LogP contribution in [0.4, 0.5) is 13.2 Å². The molecule has 1 aromatic rings. The van der Waals surface area contributed by atoms with Crippen LogP contribution < -0.4 is 4.74 Å². The van der Waals surface area contributed by atoms with E-state index in [2.05, 4.69) is 0 Å². The summed E-state index contributed by atoms with van der Waals surface area (Å²) in [4.78, 5) is 11.7. The summed E-state index contributed by atoms with van der Waals surface area (Å²) in [7, 11) is 0. The van der Waals surface area contributed by atoms with Gasteiger partial charge in [-0.25, -0.2) is 0 Å². The van der Waals surface area contributed by atoms with Gasteiger partial charge >= 0.3 is 6.18 Å². The molecule has 0 fully saturated rings. The first kappa shape index (κ1) is 14.8. The van der Waals surface area contributed by atoms with E-state index in [0.29, 0.717) is 0 Å². The Morgan fingerprint density at radius 3 is 2.56 bits per heavy atom. The molecule has 18 heavy (non-hydrogen) atoms. The highest BCUT2D eigenvalue weighted by Gasteiger charge is 2.31. The maximum absolute atomic E-state index is 12.6. The van der Waals surface area contributed by atoms with Gasteiger partial charge in [-0.1, -0.05) is 0 Å². The van der Waals surface area contributed by atoms with Crippen molar-refractivity contribution in [1.29, 1.82) is 0 Å². The Labute approximate surface area is 108 Å². The Bertz CT molecular complexity index is 430. The molecule has 0 aliphatic rings. The minimum Gasteiger partial charge on any atom is -0.493 e. The van der Waals surface area contributed by atoms with E-state index < -0.39 is 17.5 Å². The Morgan fingerprint density at radius 2 is 2.06 bits per heavy atom. The molecule has 0 bridgehead atoms. The standard InChI is InChI=1S/C12H12ClF3O2/c1-2-18-11-4-3-8(12(14,15)16)7-9(11)10(17)5-6-13/h3-4,7H,2,5-6H2,1H3. The normalized spacial score (nSPS) is 11.4. The maximum Gasteiger partial charge on any atom is 0.416 e. The molecule has 6 heteroatoms. The van der Waals surface area contributed by atoms with E-state index in [-0.39, 0.29) is 30.2 Å². The molecule has 0 saturated carbocycles. The van der Waals surface area contributed by atoms with Gasteiger partial charge in [0.1, 0.15) is 5.75 Å². The van der Waals surface area contributed by atoms with Crippen molar-refractivity contribution in [1.82, 2.24) is 0 Å². The summed E-state index contributed by atoms with van der Waals surface area (Å²) in [6.45, 7) is 1.96. The quantitative estimate of drug-likeness (QED) is 0.604. The molecule has 0 atom stereocenters. The van der Waals surface area contributed by atoms with Gasteiger partial charge in [-0.3, -0.25) is 4.79 Å². The summed E-state index contributed by atoms with van der Waals surface area (Å²) in [6.07, 6.45) is -4.51. The largest absolute Gasteiger partial charge is 0.493 e. The lowest BCUT2D eigenvalue weighted by molar-refractivity contribution is -0.137. The predicted octanol–water partition coefficient (Wildman–Crippen LogP) is 3.92. The lowest BCUT2D eigenvalue weighted by Crippen LogP contribution is -2.10. The van der Waals surface area contributed by atoms with Gasteiger partial charge in [0.25, 0.3) is 0 Å². The Morgan fingerprint density at radius 1 is 1.39 bits per heavy atom. The monoisotopic (exact) mass is 280 g/mol. The molecule has 100 valence electrons. The molecule has 0 heterocycles. The minimum atomic E-state index is -4.49. The lowest BCUT2D eigenvalue weighted by Gasteiger charge is -2.12. The van der Waals surface area contributed by atoms with Crippen LogP contribution in [0.25, 0.3) is 0 Å². The highest BCUT2D eigenvalue weighted by atomic mass is 35.5. The smallest absolute Gasteiger partial charge is 0.416 e. The fourth-order valence-corrected chi connectivity index (χ4v) is 1.60. The summed E-state index contributed by atoms with van der Waals surface area (Å²) in [5.74, 6) is -0.249. The van der Waals surface area contributed by atoms with Crippen LogP contribution in [-0.2, 0) is 6.18 Å². The summed E-state index contributed by atoms with van der Waals surface area (Å²) >= 11 is 5.42. The molecular formula is C12H12ClF3O2. The van der Waals surface area contributed by atoms with Crippen molar-refractivity contribution in [2.75, 3.05) is 12.5 Å². The first-order valence-corrected chi connectivity index (χ1v) is 5.86. The molecule has 0 aliphatic carbocycles. The first-order chi connectivity index (χ1) is 8.40. The Balaban J connectivity index is 3.19. The first-order valence-electron chi connectivity index (χ1n) is 5.33. The van der Waals surface area contributed by atoms with Crippen LogP contribution in [0, 0.1) is 0 Å². The molecule has 0 radical (unpaired) electrons. The highest BCUT2D eigenvalue weighted by molar-refractivity contribution is 6.19. The molecule has 0 amide bonds. The van der Waals surface area contributed by atoms with Crippen LogP contribution in [0.3, 0.4) is 0 Å². The maximum atomic E-state index is 12.6. The van der Waals surface area contributed by atoms with Gasteiger partial charge in [0.15, 0.2) is 5.78 Å². The highest BCUT2D eigenvalue weighted by Crippen LogP contribution is 2.33. The van der Waals surface area contributed by atoms with E-state index in [1.54, 1.807) is 6.92 Å². The second-order valence-corrected chi connectivity index (χ2v) is 3.88. The predicted molar refractivity (Wildman–Crippen MR) is 62.3 cm³/mol. The Hall–Kier alpha value is -1.23. The lowest BCUT2D eigenvalue weighted by atomic mass is 10.0. The zero-order chi connectivity index (χ0) is 13.8. The molecule has 0 aromatic heterocycles. The zero-order valence-corrected chi connectivity index (χ0v) is 10.4. The molecular weight excluding hydrogens is 269 g/mol. The molecule has 0 N–H and O–H groups in total. The Kier molecular flexibility index (Phi) is 5.02. The summed E-state index contributed by atoms with van der Waals surface area (Å²) in [6, 6.07) is 2.86. The number of hydrogen-bond donors (Lipinski definition) is 0. The van der Waals surface area contributed by atoms with E-state index >= 15 is 0 Å². The molecule has 2 nitrogen and oxygen atoms in total. The molecule has 1 rings (SSSR count). The van der Waals surface area contributed by atoms with E-state index in [1.807, 2.05) is 0 Å². The number of hydrogen-bond acceptors (Lipinski definition) is 2. The topological polar surface area (TPSA) is 26.3 Å².